The van der Waals surface area contributed by atoms with Crippen LogP contribution in [0.5, 0.6) is 0 Å². The molecule has 0 bridgehead atoms. The Kier molecular flexibility index (Phi) is 7.30. The predicted molar refractivity (Wildman–Crippen MR) is 128 cm³/mol. The van der Waals surface area contributed by atoms with Gasteiger partial charge in [-0.05, 0) is 36.1 Å². The van der Waals surface area contributed by atoms with Crippen molar-refractivity contribution in [3.8, 4) is 0 Å². The Balaban J connectivity index is 1.54. The zero-order chi connectivity index (χ0) is 22.6. The molecule has 0 saturated carbocycles. The molecule has 2 heterocycles. The van der Waals surface area contributed by atoms with E-state index in [2.05, 4.69) is 0 Å². The molecule has 0 N–H and O–H groups in total. The average molecular weight is 489 g/mol. The molecule has 4 rings (SSSR count). The number of rotatable bonds is 7. The van der Waals surface area contributed by atoms with Crippen LogP contribution in [-0.4, -0.2) is 36.6 Å². The number of thiophene rings is 1. The summed E-state index contributed by atoms with van der Waals surface area (Å²) in [6, 6.07) is 22.9. The summed E-state index contributed by atoms with van der Waals surface area (Å²) in [5, 5.41) is 0. The molecule has 8 heteroatoms. The van der Waals surface area contributed by atoms with Gasteiger partial charge in [0.05, 0.1) is 10.3 Å². The maximum absolute atomic E-state index is 13.6. The lowest BCUT2D eigenvalue weighted by molar-refractivity contribution is -0.138. The quantitative estimate of drug-likeness (QED) is 0.468. The Morgan fingerprint density at radius 1 is 0.969 bits per heavy atom. The van der Waals surface area contributed by atoms with Crippen molar-refractivity contribution >= 4 is 38.9 Å². The van der Waals surface area contributed by atoms with Crippen LogP contribution in [0.2, 0.25) is 4.34 Å². The van der Waals surface area contributed by atoms with Gasteiger partial charge in [0, 0.05) is 26.2 Å². The van der Waals surface area contributed by atoms with Crippen LogP contribution in [0.25, 0.3) is 0 Å². The first kappa shape index (κ1) is 23.0. The van der Waals surface area contributed by atoms with Gasteiger partial charge in [0.2, 0.25) is 5.91 Å². The van der Waals surface area contributed by atoms with Crippen molar-refractivity contribution in [2.45, 2.75) is 30.1 Å². The molecule has 1 aliphatic rings. The molecule has 0 unspecified atom stereocenters. The highest BCUT2D eigenvalue weighted by Crippen LogP contribution is 2.31. The highest BCUT2D eigenvalue weighted by molar-refractivity contribution is 7.91. The minimum Gasteiger partial charge on any atom is -0.334 e. The predicted octanol–water partition coefficient (Wildman–Crippen LogP) is 5.03. The second kappa shape index (κ2) is 10.2. The molecule has 3 aromatic rings. The molecule has 2 aromatic carbocycles. The van der Waals surface area contributed by atoms with Crippen LogP contribution in [0, 0.1) is 5.92 Å². The number of carbonyl (C=O) groups is 1. The number of nitrogens with zero attached hydrogens (tertiary/aromatic N) is 2. The van der Waals surface area contributed by atoms with E-state index in [0.29, 0.717) is 36.8 Å². The topological polar surface area (TPSA) is 57.7 Å². The minimum atomic E-state index is -3.65. The molecule has 0 spiro atoms. The van der Waals surface area contributed by atoms with Gasteiger partial charge in [0.15, 0.2) is 0 Å². The zero-order valence-corrected chi connectivity index (χ0v) is 20.0. The minimum absolute atomic E-state index is 0.0122. The van der Waals surface area contributed by atoms with Gasteiger partial charge in [-0.3, -0.25) is 4.79 Å². The molecule has 5 nitrogen and oxygen atoms in total. The summed E-state index contributed by atoms with van der Waals surface area (Å²) < 4.78 is 28.2. The van der Waals surface area contributed by atoms with Crippen LogP contribution in [-0.2, 0) is 27.9 Å². The Morgan fingerprint density at radius 2 is 1.56 bits per heavy atom. The van der Waals surface area contributed by atoms with Gasteiger partial charge in [0.1, 0.15) is 4.21 Å². The molecule has 1 amide bonds. The molecule has 0 aliphatic carbocycles. The van der Waals surface area contributed by atoms with E-state index in [9.17, 15) is 13.2 Å². The average Bonchev–Trinajstić information content (AvgIpc) is 3.27. The van der Waals surface area contributed by atoms with E-state index >= 15 is 0 Å². The number of sulfonamides is 1. The van der Waals surface area contributed by atoms with Crippen molar-refractivity contribution < 1.29 is 13.2 Å². The number of hydrogen-bond donors (Lipinski definition) is 0. The van der Waals surface area contributed by atoms with E-state index in [-0.39, 0.29) is 22.6 Å². The van der Waals surface area contributed by atoms with Crippen molar-refractivity contribution in [2.24, 2.45) is 5.92 Å². The fraction of sp³-hybridized carbons (Fsp3) is 0.292. The Hall–Kier alpha value is -2.19. The van der Waals surface area contributed by atoms with Crippen LogP contribution in [0.15, 0.2) is 77.0 Å². The smallest absolute Gasteiger partial charge is 0.252 e. The number of carbonyl (C=O) groups excluding carboxylic acids is 1. The maximum Gasteiger partial charge on any atom is 0.252 e. The number of piperidine rings is 1. The molecule has 0 radical (unpaired) electrons. The van der Waals surface area contributed by atoms with Gasteiger partial charge in [-0.25, -0.2) is 8.42 Å². The molecular formula is C24H25ClN2O3S2. The summed E-state index contributed by atoms with van der Waals surface area (Å²) in [5.41, 5.74) is 2.09. The first-order valence-electron chi connectivity index (χ1n) is 10.6. The molecule has 168 valence electrons. The summed E-state index contributed by atoms with van der Waals surface area (Å²) in [5.74, 6) is -0.386. The summed E-state index contributed by atoms with van der Waals surface area (Å²) in [4.78, 5) is 15.4. The van der Waals surface area contributed by atoms with Gasteiger partial charge in [-0.15, -0.1) is 11.3 Å². The van der Waals surface area contributed by atoms with Gasteiger partial charge >= 0.3 is 0 Å². The fourth-order valence-electron chi connectivity index (χ4n) is 4.00. The largest absolute Gasteiger partial charge is 0.334 e. The molecule has 1 saturated heterocycles. The van der Waals surface area contributed by atoms with Gasteiger partial charge in [-0.1, -0.05) is 72.3 Å². The standard InChI is InChI=1S/C24H25ClN2O3S2/c25-22-13-14-23(31-22)32(29,30)27-15-7-12-21(18-27)24(28)26(16-19-8-3-1-4-9-19)17-20-10-5-2-6-11-20/h1-6,8-11,13-14,21H,7,12,15-18H2/t21-/m0/s1. The fourth-order valence-corrected chi connectivity index (χ4v) is 7.16. The van der Waals surface area contributed by atoms with E-state index < -0.39 is 10.0 Å². The first-order chi connectivity index (χ1) is 15.4. The molecule has 1 fully saturated rings. The third-order valence-electron chi connectivity index (χ3n) is 5.62. The van der Waals surface area contributed by atoms with Gasteiger partial charge < -0.3 is 4.90 Å². The monoisotopic (exact) mass is 488 g/mol. The van der Waals surface area contributed by atoms with E-state index in [0.717, 1.165) is 22.5 Å². The Bertz CT molecular complexity index is 1110. The van der Waals surface area contributed by atoms with Crippen molar-refractivity contribution in [3.63, 3.8) is 0 Å². The highest BCUT2D eigenvalue weighted by Gasteiger charge is 2.35. The maximum atomic E-state index is 13.6. The Labute approximate surface area is 198 Å². The Morgan fingerprint density at radius 3 is 2.09 bits per heavy atom. The lowest BCUT2D eigenvalue weighted by Crippen LogP contribution is -2.46. The van der Waals surface area contributed by atoms with E-state index in [4.69, 9.17) is 11.6 Å². The second-order valence-electron chi connectivity index (χ2n) is 7.93. The van der Waals surface area contributed by atoms with E-state index in [1.807, 2.05) is 65.6 Å². The zero-order valence-electron chi connectivity index (χ0n) is 17.6. The number of halogens is 1. The number of amides is 1. The van der Waals surface area contributed by atoms with Crippen molar-refractivity contribution in [1.82, 2.24) is 9.21 Å². The van der Waals surface area contributed by atoms with Crippen LogP contribution < -0.4 is 0 Å². The molecular weight excluding hydrogens is 464 g/mol. The van der Waals surface area contributed by atoms with Gasteiger partial charge in [-0.2, -0.15) is 4.31 Å². The van der Waals surface area contributed by atoms with E-state index in [1.165, 1.54) is 10.4 Å². The van der Waals surface area contributed by atoms with Crippen LogP contribution in [0.1, 0.15) is 24.0 Å². The third-order valence-corrected chi connectivity index (χ3v) is 9.18. The number of hydrogen-bond acceptors (Lipinski definition) is 4. The first-order valence-corrected chi connectivity index (χ1v) is 13.2. The summed E-state index contributed by atoms with van der Waals surface area (Å²) in [7, 11) is -3.65. The van der Waals surface area contributed by atoms with E-state index in [1.54, 1.807) is 6.07 Å². The summed E-state index contributed by atoms with van der Waals surface area (Å²) in [6.07, 6.45) is 1.33. The third kappa shape index (κ3) is 5.41. The lowest BCUT2D eigenvalue weighted by Gasteiger charge is -2.34. The number of benzene rings is 2. The van der Waals surface area contributed by atoms with Crippen LogP contribution >= 0.6 is 22.9 Å². The SMILES string of the molecule is O=C([C@H]1CCCN(S(=O)(=O)c2ccc(Cl)s2)C1)N(Cc1ccccc1)Cc1ccccc1. The second-order valence-corrected chi connectivity index (χ2v) is 11.8. The molecule has 1 atom stereocenters. The highest BCUT2D eigenvalue weighted by atomic mass is 35.5. The van der Waals surface area contributed by atoms with Gasteiger partial charge in [0.25, 0.3) is 10.0 Å². The van der Waals surface area contributed by atoms with Crippen molar-refractivity contribution in [3.05, 3.63) is 88.3 Å². The van der Waals surface area contributed by atoms with Crippen LogP contribution in [0.4, 0.5) is 0 Å². The van der Waals surface area contributed by atoms with Crippen molar-refractivity contribution in [2.75, 3.05) is 13.1 Å². The lowest BCUT2D eigenvalue weighted by atomic mass is 9.97. The molecule has 1 aromatic heterocycles. The van der Waals surface area contributed by atoms with Crippen LogP contribution in [0.3, 0.4) is 0 Å². The summed E-state index contributed by atoms with van der Waals surface area (Å²) >= 11 is 7.00. The molecule has 1 aliphatic heterocycles. The van der Waals surface area contributed by atoms with Crippen molar-refractivity contribution in [1.29, 1.82) is 0 Å². The molecule has 32 heavy (non-hydrogen) atoms. The normalized spacial score (nSPS) is 17.2. The summed E-state index contributed by atoms with van der Waals surface area (Å²) in [6.45, 7) is 1.58.